The van der Waals surface area contributed by atoms with Gasteiger partial charge >= 0.3 is 6.18 Å². The zero-order chi connectivity index (χ0) is 14.1. The van der Waals surface area contributed by atoms with E-state index in [1.807, 2.05) is 10.8 Å². The molecule has 0 aliphatic carbocycles. The Hall–Kier alpha value is -1.08. The Balaban J connectivity index is 2.20. The number of nitrogens with zero attached hydrogens (tertiary/aromatic N) is 2. The Morgan fingerprint density at radius 3 is 2.89 bits per heavy atom. The molecular weight excluding hydrogens is 259 g/mol. The molecule has 0 unspecified atom stereocenters. The molecule has 0 radical (unpaired) electrons. The summed E-state index contributed by atoms with van der Waals surface area (Å²) >= 11 is 0. The van der Waals surface area contributed by atoms with Crippen LogP contribution in [0.25, 0.3) is 0 Å². The minimum Gasteiger partial charge on any atom is -0.372 e. The molecule has 0 saturated heterocycles. The van der Waals surface area contributed by atoms with Gasteiger partial charge in [0, 0.05) is 25.5 Å². The molecule has 0 atom stereocenters. The van der Waals surface area contributed by atoms with E-state index in [2.05, 4.69) is 22.0 Å². The minimum atomic E-state index is -4.25. The number of halogens is 3. The molecule has 0 aliphatic rings. The first-order valence-electron chi connectivity index (χ1n) is 6.38. The number of ether oxygens (including phenoxy) is 1. The summed E-state index contributed by atoms with van der Waals surface area (Å²) in [5.74, 6) is 0.893. The second-order valence-corrected chi connectivity index (χ2v) is 4.23. The molecule has 1 rings (SSSR count). The lowest BCUT2D eigenvalue weighted by atomic mass is 10.4. The van der Waals surface area contributed by atoms with Gasteiger partial charge in [-0.05, 0) is 19.4 Å². The van der Waals surface area contributed by atoms with Crippen LogP contribution < -0.4 is 5.32 Å². The van der Waals surface area contributed by atoms with Crippen LogP contribution in [0.1, 0.15) is 25.6 Å². The van der Waals surface area contributed by atoms with Crippen LogP contribution in [0.4, 0.5) is 13.2 Å². The van der Waals surface area contributed by atoms with Crippen LogP contribution >= 0.6 is 0 Å². The van der Waals surface area contributed by atoms with Gasteiger partial charge in [-0.1, -0.05) is 6.92 Å². The molecule has 0 fully saturated rings. The van der Waals surface area contributed by atoms with E-state index in [9.17, 15) is 13.2 Å². The van der Waals surface area contributed by atoms with E-state index in [0.29, 0.717) is 19.5 Å². The highest BCUT2D eigenvalue weighted by Gasteiger charge is 2.27. The number of imidazole rings is 1. The van der Waals surface area contributed by atoms with Crippen LogP contribution in [0.3, 0.4) is 0 Å². The Kier molecular flexibility index (Phi) is 6.86. The van der Waals surface area contributed by atoms with Gasteiger partial charge in [-0.2, -0.15) is 13.2 Å². The number of nitrogens with one attached hydrogen (secondary N) is 1. The average molecular weight is 279 g/mol. The van der Waals surface area contributed by atoms with Gasteiger partial charge in [-0.15, -0.1) is 0 Å². The lowest BCUT2D eigenvalue weighted by Gasteiger charge is -2.10. The molecule has 4 nitrogen and oxygen atoms in total. The summed E-state index contributed by atoms with van der Waals surface area (Å²) in [7, 11) is 0. The zero-order valence-corrected chi connectivity index (χ0v) is 11.0. The van der Waals surface area contributed by atoms with Gasteiger partial charge in [0.25, 0.3) is 0 Å². The summed E-state index contributed by atoms with van der Waals surface area (Å²) in [6, 6.07) is 0. The number of hydrogen-bond donors (Lipinski definition) is 1. The fourth-order valence-electron chi connectivity index (χ4n) is 1.61. The van der Waals surface area contributed by atoms with E-state index in [-0.39, 0.29) is 6.61 Å². The molecule has 1 heterocycles. The molecule has 110 valence electrons. The van der Waals surface area contributed by atoms with Gasteiger partial charge in [0.1, 0.15) is 12.4 Å². The third-order valence-electron chi connectivity index (χ3n) is 2.47. The first-order valence-corrected chi connectivity index (χ1v) is 6.38. The van der Waals surface area contributed by atoms with Crippen molar-refractivity contribution in [2.45, 2.75) is 39.0 Å². The SMILES string of the molecule is CCCNCc1nccn1CCCOCC(F)(F)F. The van der Waals surface area contributed by atoms with E-state index in [4.69, 9.17) is 0 Å². The predicted molar refractivity (Wildman–Crippen MR) is 65.7 cm³/mol. The second kappa shape index (κ2) is 8.16. The summed E-state index contributed by atoms with van der Waals surface area (Å²) in [6.07, 6.45) is 0.857. The van der Waals surface area contributed by atoms with Crippen LogP contribution in [0.5, 0.6) is 0 Å². The molecule has 0 aromatic carbocycles. The lowest BCUT2D eigenvalue weighted by Crippen LogP contribution is -2.19. The summed E-state index contributed by atoms with van der Waals surface area (Å²) in [6.45, 7) is 3.20. The maximum absolute atomic E-state index is 11.8. The topological polar surface area (TPSA) is 39.1 Å². The largest absolute Gasteiger partial charge is 0.411 e. The van der Waals surface area contributed by atoms with Gasteiger partial charge < -0.3 is 14.6 Å². The minimum absolute atomic E-state index is 0.0967. The molecule has 7 heteroatoms. The highest BCUT2D eigenvalue weighted by Crippen LogP contribution is 2.14. The Bertz CT molecular complexity index is 352. The van der Waals surface area contributed by atoms with E-state index < -0.39 is 12.8 Å². The van der Waals surface area contributed by atoms with Gasteiger partial charge in [0.05, 0.1) is 6.54 Å². The highest BCUT2D eigenvalue weighted by molar-refractivity contribution is 4.91. The molecule has 1 N–H and O–H groups in total. The Morgan fingerprint density at radius 1 is 1.42 bits per heavy atom. The van der Waals surface area contributed by atoms with Crippen molar-refractivity contribution in [3.05, 3.63) is 18.2 Å². The van der Waals surface area contributed by atoms with E-state index in [1.165, 1.54) is 0 Å². The maximum atomic E-state index is 11.8. The molecule has 1 aromatic rings. The van der Waals surface area contributed by atoms with Crippen molar-refractivity contribution in [1.29, 1.82) is 0 Å². The smallest absolute Gasteiger partial charge is 0.372 e. The molecule has 19 heavy (non-hydrogen) atoms. The molecule has 1 aromatic heterocycles. The third kappa shape index (κ3) is 7.17. The van der Waals surface area contributed by atoms with Crippen LogP contribution in [0, 0.1) is 0 Å². The summed E-state index contributed by atoms with van der Waals surface area (Å²) in [5.41, 5.74) is 0. The first-order chi connectivity index (χ1) is 9.03. The molecule has 0 bridgehead atoms. The molecule has 0 saturated carbocycles. The van der Waals surface area contributed by atoms with Crippen molar-refractivity contribution in [1.82, 2.24) is 14.9 Å². The Morgan fingerprint density at radius 2 is 2.21 bits per heavy atom. The fraction of sp³-hybridized carbons (Fsp3) is 0.750. The van der Waals surface area contributed by atoms with Crippen molar-refractivity contribution < 1.29 is 17.9 Å². The summed E-state index contributed by atoms with van der Waals surface area (Å²) in [5, 5.41) is 3.24. The van der Waals surface area contributed by atoms with Crippen molar-refractivity contribution in [3.8, 4) is 0 Å². The number of aromatic nitrogens is 2. The lowest BCUT2D eigenvalue weighted by molar-refractivity contribution is -0.174. The quantitative estimate of drug-likeness (QED) is 0.705. The molecular formula is C12H20F3N3O. The Labute approximate surface area is 111 Å². The standard InChI is InChI=1S/C12H20F3N3O/c1-2-4-16-9-11-17-5-7-18(11)6-3-8-19-10-12(13,14)15/h5,7,16H,2-4,6,8-10H2,1H3. The normalized spacial score (nSPS) is 12.0. The van der Waals surface area contributed by atoms with Crippen molar-refractivity contribution in [3.63, 3.8) is 0 Å². The van der Waals surface area contributed by atoms with Crippen molar-refractivity contribution >= 4 is 0 Å². The fourth-order valence-corrected chi connectivity index (χ4v) is 1.61. The predicted octanol–water partition coefficient (Wildman–Crippen LogP) is 2.35. The average Bonchev–Trinajstić information content (AvgIpc) is 2.75. The summed E-state index contributed by atoms with van der Waals surface area (Å²) in [4.78, 5) is 4.21. The number of hydrogen-bond acceptors (Lipinski definition) is 3. The maximum Gasteiger partial charge on any atom is 0.411 e. The van der Waals surface area contributed by atoms with E-state index in [1.54, 1.807) is 6.20 Å². The number of rotatable bonds is 9. The van der Waals surface area contributed by atoms with Crippen LogP contribution in [-0.2, 0) is 17.8 Å². The van der Waals surface area contributed by atoms with Crippen LogP contribution in [0.15, 0.2) is 12.4 Å². The van der Waals surface area contributed by atoms with Gasteiger partial charge in [-0.25, -0.2) is 4.98 Å². The molecule has 0 amide bonds. The number of aryl methyl sites for hydroxylation is 1. The first kappa shape index (κ1) is 16.0. The second-order valence-electron chi connectivity index (χ2n) is 4.23. The number of alkyl halides is 3. The van der Waals surface area contributed by atoms with Crippen LogP contribution in [-0.4, -0.2) is 35.5 Å². The van der Waals surface area contributed by atoms with Gasteiger partial charge in [0.15, 0.2) is 0 Å². The molecule has 0 aliphatic heterocycles. The molecule has 0 spiro atoms. The van der Waals surface area contributed by atoms with Gasteiger partial charge in [-0.3, -0.25) is 0 Å². The van der Waals surface area contributed by atoms with Crippen molar-refractivity contribution in [2.75, 3.05) is 19.8 Å². The monoisotopic (exact) mass is 279 g/mol. The van der Waals surface area contributed by atoms with Crippen molar-refractivity contribution in [2.24, 2.45) is 0 Å². The van der Waals surface area contributed by atoms with E-state index >= 15 is 0 Å². The zero-order valence-electron chi connectivity index (χ0n) is 11.0. The summed E-state index contributed by atoms with van der Waals surface area (Å²) < 4.78 is 42.0. The van der Waals surface area contributed by atoms with E-state index in [0.717, 1.165) is 18.8 Å². The highest BCUT2D eigenvalue weighted by atomic mass is 19.4. The van der Waals surface area contributed by atoms with Crippen LogP contribution in [0.2, 0.25) is 0 Å². The third-order valence-corrected chi connectivity index (χ3v) is 2.47. The van der Waals surface area contributed by atoms with Gasteiger partial charge in [0.2, 0.25) is 0 Å².